The smallest absolute Gasteiger partial charge is 0.306 e. The van der Waals surface area contributed by atoms with Gasteiger partial charge in [-0.25, -0.2) is 0 Å². The maximum absolute atomic E-state index is 12.6. The maximum Gasteiger partial charge on any atom is 0.306 e. The molecule has 0 aliphatic carbocycles. The topological polar surface area (TPSA) is 59.1 Å². The molecule has 1 fully saturated rings. The Morgan fingerprint density at radius 3 is 1.11 bits per heavy atom. The number of nitrogens with zero attached hydrogens (tertiary/aromatic N) is 2. The molecule has 0 unspecified atom stereocenters. The maximum atomic E-state index is 12.6. The number of piperazine rings is 1. The number of carbonyl (C=O) groups excluding carboxylic acids is 2. The van der Waals surface area contributed by atoms with Gasteiger partial charge in [-0.2, -0.15) is 0 Å². The van der Waals surface area contributed by atoms with Crippen molar-refractivity contribution in [3.8, 4) is 0 Å². The summed E-state index contributed by atoms with van der Waals surface area (Å²) >= 11 is 0. The summed E-state index contributed by atoms with van der Waals surface area (Å²) in [5, 5.41) is 0. The van der Waals surface area contributed by atoms with Crippen LogP contribution in [0.1, 0.15) is 246 Å². The average Bonchev–Trinajstić information content (AvgIpc) is 3.20. The average molecular weight is 805 g/mol. The van der Waals surface area contributed by atoms with Gasteiger partial charge in [0.25, 0.3) is 0 Å². The van der Waals surface area contributed by atoms with E-state index in [1.807, 2.05) is 0 Å². The third-order valence-electron chi connectivity index (χ3n) is 13.0. The molecular weight excluding hydrogens is 705 g/mol. The van der Waals surface area contributed by atoms with Crippen LogP contribution in [0.25, 0.3) is 0 Å². The lowest BCUT2D eigenvalue weighted by Gasteiger charge is -2.32. The SMILES string of the molecule is CCCCCC(CCCCC)CC(=O)OCCCCCCCCC(CCCCCCCCOC(=O)CC(CCCCC)CCCCC)CCCN1CCN(C)CC1. The lowest BCUT2D eigenvalue weighted by molar-refractivity contribution is -0.146. The molecule has 1 aliphatic rings. The normalized spacial score (nSPS) is 14.0. The van der Waals surface area contributed by atoms with Crippen LogP contribution in [-0.4, -0.2) is 74.7 Å². The Labute approximate surface area is 356 Å². The first kappa shape index (κ1) is 53.9. The number of rotatable bonds is 42. The number of hydrogen-bond donors (Lipinski definition) is 0. The van der Waals surface area contributed by atoms with Crippen LogP contribution in [0.2, 0.25) is 0 Å². The lowest BCUT2D eigenvalue weighted by atomic mass is 9.90. The first-order valence-electron chi connectivity index (χ1n) is 25.6. The molecule has 0 N–H and O–H groups in total. The summed E-state index contributed by atoms with van der Waals surface area (Å²) in [5.74, 6) is 1.99. The van der Waals surface area contributed by atoms with E-state index in [-0.39, 0.29) is 11.9 Å². The number of ether oxygens (including phenoxy) is 2. The first-order valence-corrected chi connectivity index (χ1v) is 25.6. The van der Waals surface area contributed by atoms with E-state index in [9.17, 15) is 9.59 Å². The van der Waals surface area contributed by atoms with Crippen molar-refractivity contribution in [1.82, 2.24) is 9.80 Å². The van der Waals surface area contributed by atoms with Crippen molar-refractivity contribution in [1.29, 1.82) is 0 Å². The van der Waals surface area contributed by atoms with Gasteiger partial charge in [-0.05, 0) is 82.7 Å². The minimum Gasteiger partial charge on any atom is -0.466 e. The third-order valence-corrected chi connectivity index (χ3v) is 13.0. The Balaban J connectivity index is 2.25. The molecule has 0 aromatic carbocycles. The van der Waals surface area contributed by atoms with Gasteiger partial charge >= 0.3 is 11.9 Å². The van der Waals surface area contributed by atoms with E-state index in [2.05, 4.69) is 44.5 Å². The second-order valence-electron chi connectivity index (χ2n) is 18.5. The van der Waals surface area contributed by atoms with Crippen LogP contribution in [-0.2, 0) is 19.1 Å². The van der Waals surface area contributed by atoms with Gasteiger partial charge in [0.2, 0.25) is 0 Å². The number of esters is 2. The molecule has 0 aromatic heterocycles. The standard InChI is InChI=1S/C51H100N2O4/c1-6-10-22-33-48(34-23-11-7-2)45-50(54)56-43-28-20-16-14-18-26-31-47(37-30-38-53-41-39-52(5)40-42-53)32-27-19-15-17-21-29-44-57-51(55)46-49(35-24-12-8-3)36-25-13-9-4/h47-49H,6-46H2,1-5H3. The van der Waals surface area contributed by atoms with Crippen molar-refractivity contribution in [2.24, 2.45) is 17.8 Å². The molecule has 0 amide bonds. The number of carbonyl (C=O) groups is 2. The Kier molecular flexibility index (Phi) is 38.1. The molecule has 0 atom stereocenters. The zero-order chi connectivity index (χ0) is 41.4. The quantitative estimate of drug-likeness (QED) is 0.0452. The molecule has 0 saturated carbocycles. The molecule has 1 heterocycles. The van der Waals surface area contributed by atoms with Crippen LogP contribution in [0, 0.1) is 17.8 Å². The Bertz CT molecular complexity index is 799. The number of likely N-dealkylation sites (N-methyl/N-ethyl adjacent to an activating group) is 1. The summed E-state index contributed by atoms with van der Waals surface area (Å²) in [6.07, 6.45) is 41.5. The second kappa shape index (κ2) is 40.3. The van der Waals surface area contributed by atoms with E-state index in [0.717, 1.165) is 18.8 Å². The second-order valence-corrected chi connectivity index (χ2v) is 18.5. The van der Waals surface area contributed by atoms with Crippen molar-refractivity contribution < 1.29 is 19.1 Å². The zero-order valence-electron chi connectivity index (χ0n) is 39.3. The Hall–Kier alpha value is -1.14. The molecule has 6 nitrogen and oxygen atoms in total. The van der Waals surface area contributed by atoms with Crippen molar-refractivity contribution in [2.75, 3.05) is 53.0 Å². The van der Waals surface area contributed by atoms with E-state index in [0.29, 0.717) is 37.9 Å². The van der Waals surface area contributed by atoms with Gasteiger partial charge in [0.05, 0.1) is 13.2 Å². The minimum absolute atomic E-state index is 0.0408. The van der Waals surface area contributed by atoms with E-state index in [4.69, 9.17) is 9.47 Å². The summed E-state index contributed by atoms with van der Waals surface area (Å²) in [6, 6.07) is 0. The van der Waals surface area contributed by atoms with E-state index < -0.39 is 0 Å². The van der Waals surface area contributed by atoms with Crippen LogP contribution in [0.15, 0.2) is 0 Å². The van der Waals surface area contributed by atoms with Crippen LogP contribution in [0.5, 0.6) is 0 Å². The van der Waals surface area contributed by atoms with E-state index in [1.54, 1.807) is 0 Å². The summed E-state index contributed by atoms with van der Waals surface area (Å²) in [6.45, 7) is 16.4. The van der Waals surface area contributed by atoms with Crippen molar-refractivity contribution in [3.05, 3.63) is 0 Å². The zero-order valence-corrected chi connectivity index (χ0v) is 39.3. The van der Waals surface area contributed by atoms with Gasteiger partial charge in [-0.1, -0.05) is 182 Å². The highest BCUT2D eigenvalue weighted by atomic mass is 16.5. The predicted octanol–water partition coefficient (Wildman–Crippen LogP) is 14.5. The van der Waals surface area contributed by atoms with E-state index in [1.165, 1.54) is 225 Å². The fourth-order valence-corrected chi connectivity index (χ4v) is 8.98. The van der Waals surface area contributed by atoms with Crippen LogP contribution in [0.3, 0.4) is 0 Å². The van der Waals surface area contributed by atoms with Gasteiger partial charge in [0, 0.05) is 39.0 Å². The molecule has 1 aliphatic heterocycles. The fourth-order valence-electron chi connectivity index (χ4n) is 8.98. The summed E-state index contributed by atoms with van der Waals surface area (Å²) in [5.41, 5.74) is 0. The summed E-state index contributed by atoms with van der Waals surface area (Å²) in [7, 11) is 2.25. The fraction of sp³-hybridized carbons (Fsp3) is 0.961. The molecule has 1 rings (SSSR count). The summed E-state index contributed by atoms with van der Waals surface area (Å²) < 4.78 is 11.4. The van der Waals surface area contributed by atoms with Crippen molar-refractivity contribution in [2.45, 2.75) is 246 Å². The molecule has 0 radical (unpaired) electrons. The molecule has 0 aromatic rings. The van der Waals surface area contributed by atoms with Crippen LogP contribution in [0.4, 0.5) is 0 Å². The molecule has 57 heavy (non-hydrogen) atoms. The summed E-state index contributed by atoms with van der Waals surface area (Å²) in [4.78, 5) is 30.3. The van der Waals surface area contributed by atoms with Gasteiger partial charge in [0.15, 0.2) is 0 Å². The highest BCUT2D eigenvalue weighted by Gasteiger charge is 2.17. The largest absolute Gasteiger partial charge is 0.466 e. The van der Waals surface area contributed by atoms with Crippen LogP contribution >= 0.6 is 0 Å². The van der Waals surface area contributed by atoms with Gasteiger partial charge in [-0.3, -0.25) is 9.59 Å². The lowest BCUT2D eigenvalue weighted by Crippen LogP contribution is -2.44. The highest BCUT2D eigenvalue weighted by molar-refractivity contribution is 5.70. The highest BCUT2D eigenvalue weighted by Crippen LogP contribution is 2.25. The molecule has 338 valence electrons. The Morgan fingerprint density at radius 2 is 0.719 bits per heavy atom. The van der Waals surface area contributed by atoms with Gasteiger partial charge in [-0.15, -0.1) is 0 Å². The Morgan fingerprint density at radius 1 is 0.404 bits per heavy atom. The molecule has 0 bridgehead atoms. The monoisotopic (exact) mass is 805 g/mol. The van der Waals surface area contributed by atoms with Gasteiger partial charge < -0.3 is 19.3 Å². The third kappa shape index (κ3) is 34.3. The molecule has 1 saturated heterocycles. The molecule has 0 spiro atoms. The van der Waals surface area contributed by atoms with E-state index >= 15 is 0 Å². The number of hydrogen-bond acceptors (Lipinski definition) is 6. The van der Waals surface area contributed by atoms with Crippen molar-refractivity contribution in [3.63, 3.8) is 0 Å². The number of unbranched alkanes of at least 4 members (excludes halogenated alkanes) is 18. The first-order chi connectivity index (χ1) is 27.9. The predicted molar refractivity (Wildman–Crippen MR) is 246 cm³/mol. The van der Waals surface area contributed by atoms with Crippen LogP contribution < -0.4 is 0 Å². The molecular formula is C51H100N2O4. The molecule has 6 heteroatoms. The van der Waals surface area contributed by atoms with Gasteiger partial charge in [0.1, 0.15) is 0 Å². The van der Waals surface area contributed by atoms with Crippen molar-refractivity contribution >= 4 is 11.9 Å². The minimum atomic E-state index is 0.0408.